The van der Waals surface area contributed by atoms with Gasteiger partial charge in [-0.05, 0) is 29.9 Å². The highest BCUT2D eigenvalue weighted by atomic mass is 32.1. The summed E-state index contributed by atoms with van der Waals surface area (Å²) in [5, 5.41) is 23.6. The number of aryl methyl sites for hydroxylation is 1. The van der Waals surface area contributed by atoms with Gasteiger partial charge in [-0.25, -0.2) is 4.79 Å². The molecule has 2 aromatic rings. The molecule has 0 unspecified atom stereocenters. The minimum absolute atomic E-state index is 0.214. The highest BCUT2D eigenvalue weighted by Crippen LogP contribution is 2.25. The average Bonchev–Trinajstić information content (AvgIpc) is 3.26. The van der Waals surface area contributed by atoms with Crippen molar-refractivity contribution < 1.29 is 28.2 Å². The number of carboxylic acids is 1. The van der Waals surface area contributed by atoms with Gasteiger partial charge in [-0.2, -0.15) is 18.3 Å². The molecule has 26 heavy (non-hydrogen) atoms. The predicted octanol–water partition coefficient (Wildman–Crippen LogP) is 2.29. The fraction of sp³-hybridized carbons (Fsp3) is 0.500. The average molecular weight is 391 g/mol. The van der Waals surface area contributed by atoms with Crippen molar-refractivity contribution in [3.05, 3.63) is 40.3 Å². The Labute approximate surface area is 152 Å². The molecular formula is C16H20F3N3O3S. The molecular weight excluding hydrogens is 371 g/mol. The van der Waals surface area contributed by atoms with E-state index in [0.29, 0.717) is 0 Å². The normalized spacial score (nSPS) is 20.7. The summed E-state index contributed by atoms with van der Waals surface area (Å²) in [7, 11) is 1.93. The Morgan fingerprint density at radius 2 is 2.15 bits per heavy atom. The number of nitrogens with zero attached hydrogens (tertiary/aromatic N) is 3. The summed E-state index contributed by atoms with van der Waals surface area (Å²) < 4.78 is 33.6. The van der Waals surface area contributed by atoms with Gasteiger partial charge in [-0.1, -0.05) is 6.07 Å². The summed E-state index contributed by atoms with van der Waals surface area (Å²) in [4.78, 5) is 12.7. The standard InChI is InChI=1S/C14H19N3OS.C2HF3O2/c1-16-9-11(8-15-16)7-13-14(18)4-5-17(13)10-12-3-2-6-19-12;3-2(4,5)1(6)7/h2-3,6,8-9,13-14,18H,4-5,7,10H2,1H3;(H,6,7)/t13-,14+;/m0./s1. The fourth-order valence-electron chi connectivity index (χ4n) is 2.78. The van der Waals surface area contributed by atoms with E-state index in [1.165, 1.54) is 10.4 Å². The molecule has 3 rings (SSSR count). The number of aliphatic hydroxyl groups is 1. The number of hydrogen-bond acceptors (Lipinski definition) is 5. The lowest BCUT2D eigenvalue weighted by Gasteiger charge is -2.25. The molecule has 10 heteroatoms. The van der Waals surface area contributed by atoms with Gasteiger partial charge in [0, 0.05) is 37.3 Å². The molecule has 0 amide bonds. The van der Waals surface area contributed by atoms with Crippen molar-refractivity contribution in [1.29, 1.82) is 0 Å². The SMILES string of the molecule is Cn1cc(C[C@H]2[C@H](O)CCN2Cc2cccs2)cn1.O=C(O)C(F)(F)F. The highest BCUT2D eigenvalue weighted by Gasteiger charge is 2.38. The third kappa shape index (κ3) is 5.82. The number of hydrogen-bond donors (Lipinski definition) is 2. The Morgan fingerprint density at radius 3 is 2.65 bits per heavy atom. The lowest BCUT2D eigenvalue weighted by atomic mass is 10.0. The molecule has 0 radical (unpaired) electrons. The second-order valence-electron chi connectivity index (χ2n) is 6.00. The molecule has 2 atom stereocenters. The van der Waals surface area contributed by atoms with Crippen LogP contribution in [0.25, 0.3) is 0 Å². The molecule has 6 nitrogen and oxygen atoms in total. The first-order valence-corrected chi connectivity index (χ1v) is 8.77. The molecule has 2 N–H and O–H groups in total. The maximum absolute atomic E-state index is 10.6. The van der Waals surface area contributed by atoms with E-state index in [4.69, 9.17) is 9.90 Å². The first-order valence-electron chi connectivity index (χ1n) is 7.89. The number of thiophene rings is 1. The van der Waals surface area contributed by atoms with Crippen LogP contribution in [-0.4, -0.2) is 55.7 Å². The van der Waals surface area contributed by atoms with Crippen LogP contribution in [-0.2, 0) is 24.8 Å². The number of carbonyl (C=O) groups is 1. The third-order valence-electron chi connectivity index (χ3n) is 4.01. The molecule has 144 valence electrons. The predicted molar refractivity (Wildman–Crippen MR) is 89.7 cm³/mol. The maximum atomic E-state index is 10.6. The van der Waals surface area contributed by atoms with Crippen LogP contribution >= 0.6 is 11.3 Å². The number of aliphatic hydroxyl groups excluding tert-OH is 1. The fourth-order valence-corrected chi connectivity index (χ4v) is 3.51. The second-order valence-corrected chi connectivity index (χ2v) is 7.03. The van der Waals surface area contributed by atoms with Gasteiger partial charge in [0.25, 0.3) is 0 Å². The number of carboxylic acid groups (broad SMARTS) is 1. The van der Waals surface area contributed by atoms with Gasteiger partial charge < -0.3 is 10.2 Å². The second kappa shape index (κ2) is 8.65. The molecule has 0 aliphatic carbocycles. The number of aromatic nitrogens is 2. The topological polar surface area (TPSA) is 78.6 Å². The van der Waals surface area contributed by atoms with Gasteiger partial charge in [0.15, 0.2) is 0 Å². The van der Waals surface area contributed by atoms with E-state index in [1.54, 1.807) is 11.3 Å². The smallest absolute Gasteiger partial charge is 0.475 e. The van der Waals surface area contributed by atoms with Crippen molar-refractivity contribution >= 4 is 17.3 Å². The zero-order valence-corrected chi connectivity index (χ0v) is 14.9. The minimum atomic E-state index is -5.08. The van der Waals surface area contributed by atoms with Crippen molar-refractivity contribution in [3.63, 3.8) is 0 Å². The van der Waals surface area contributed by atoms with E-state index >= 15 is 0 Å². The van der Waals surface area contributed by atoms with E-state index in [2.05, 4.69) is 27.5 Å². The van der Waals surface area contributed by atoms with Crippen LogP contribution in [0.15, 0.2) is 29.9 Å². The molecule has 1 fully saturated rings. The lowest BCUT2D eigenvalue weighted by molar-refractivity contribution is -0.192. The summed E-state index contributed by atoms with van der Waals surface area (Å²) in [6.07, 6.45) is 0.375. The van der Waals surface area contributed by atoms with Crippen LogP contribution in [0.5, 0.6) is 0 Å². The Balaban J connectivity index is 0.000000298. The van der Waals surface area contributed by atoms with Crippen molar-refractivity contribution in [1.82, 2.24) is 14.7 Å². The monoisotopic (exact) mass is 391 g/mol. The van der Waals surface area contributed by atoms with Gasteiger partial charge in [0.2, 0.25) is 0 Å². The number of alkyl halides is 3. The van der Waals surface area contributed by atoms with Crippen molar-refractivity contribution in [2.45, 2.75) is 37.7 Å². The van der Waals surface area contributed by atoms with Gasteiger partial charge in [-0.15, -0.1) is 11.3 Å². The van der Waals surface area contributed by atoms with Gasteiger partial charge in [0.1, 0.15) is 0 Å². The van der Waals surface area contributed by atoms with Crippen LogP contribution in [0.2, 0.25) is 0 Å². The van der Waals surface area contributed by atoms with Crippen LogP contribution < -0.4 is 0 Å². The van der Waals surface area contributed by atoms with Gasteiger partial charge in [0.05, 0.1) is 12.3 Å². The van der Waals surface area contributed by atoms with Crippen LogP contribution in [0.4, 0.5) is 13.2 Å². The third-order valence-corrected chi connectivity index (χ3v) is 4.87. The van der Waals surface area contributed by atoms with Crippen LogP contribution in [0.1, 0.15) is 16.9 Å². The molecule has 0 bridgehead atoms. The molecule has 3 heterocycles. The Hall–Kier alpha value is -1.91. The molecule has 1 saturated heterocycles. The largest absolute Gasteiger partial charge is 0.490 e. The molecule has 0 spiro atoms. The zero-order valence-electron chi connectivity index (χ0n) is 14.1. The summed E-state index contributed by atoms with van der Waals surface area (Å²) >= 11 is 1.78. The van der Waals surface area contributed by atoms with Crippen molar-refractivity contribution in [3.8, 4) is 0 Å². The number of halogens is 3. The van der Waals surface area contributed by atoms with E-state index < -0.39 is 12.1 Å². The first kappa shape index (κ1) is 20.4. The maximum Gasteiger partial charge on any atom is 0.490 e. The molecule has 0 saturated carbocycles. The van der Waals surface area contributed by atoms with Crippen molar-refractivity contribution in [2.75, 3.05) is 6.54 Å². The number of rotatable bonds is 4. The Kier molecular flexibility index (Phi) is 6.79. The summed E-state index contributed by atoms with van der Waals surface area (Å²) in [5.74, 6) is -2.76. The van der Waals surface area contributed by atoms with Crippen molar-refractivity contribution in [2.24, 2.45) is 7.05 Å². The summed E-state index contributed by atoms with van der Waals surface area (Å²) in [6, 6.07) is 4.46. The van der Waals surface area contributed by atoms with Gasteiger partial charge in [-0.3, -0.25) is 9.58 Å². The molecule has 2 aromatic heterocycles. The first-order chi connectivity index (χ1) is 12.2. The van der Waals surface area contributed by atoms with Crippen LogP contribution in [0, 0.1) is 0 Å². The Bertz CT molecular complexity index is 703. The zero-order chi connectivity index (χ0) is 19.3. The van der Waals surface area contributed by atoms with Crippen LogP contribution in [0.3, 0.4) is 0 Å². The van der Waals surface area contributed by atoms with E-state index in [1.807, 2.05) is 24.1 Å². The highest BCUT2D eigenvalue weighted by molar-refractivity contribution is 7.09. The van der Waals surface area contributed by atoms with Gasteiger partial charge >= 0.3 is 12.1 Å². The number of likely N-dealkylation sites (tertiary alicyclic amines) is 1. The van der Waals surface area contributed by atoms with E-state index in [9.17, 15) is 18.3 Å². The Morgan fingerprint density at radius 1 is 1.46 bits per heavy atom. The molecule has 0 aromatic carbocycles. The quantitative estimate of drug-likeness (QED) is 0.836. The summed E-state index contributed by atoms with van der Waals surface area (Å²) in [6.45, 7) is 1.92. The lowest BCUT2D eigenvalue weighted by Crippen LogP contribution is -2.36. The number of aliphatic carboxylic acids is 1. The summed E-state index contributed by atoms with van der Waals surface area (Å²) in [5.41, 5.74) is 1.20. The molecule has 1 aliphatic rings. The molecule has 1 aliphatic heterocycles. The van der Waals surface area contributed by atoms with E-state index in [0.717, 1.165) is 25.9 Å². The van der Waals surface area contributed by atoms with E-state index in [-0.39, 0.29) is 12.1 Å². The minimum Gasteiger partial charge on any atom is -0.475 e.